The molecule has 0 spiro atoms. The first kappa shape index (κ1) is 10.5. The second-order valence-electron chi connectivity index (χ2n) is 3.96. The van der Waals surface area contributed by atoms with E-state index in [4.69, 9.17) is 15.2 Å². The van der Waals surface area contributed by atoms with E-state index in [-0.39, 0.29) is 6.10 Å². The maximum Gasteiger partial charge on any atom is 0.170 e. The third-order valence-electron chi connectivity index (χ3n) is 2.50. The smallest absolute Gasteiger partial charge is 0.170 e. The van der Waals surface area contributed by atoms with Crippen LogP contribution < -0.4 is 5.73 Å². The molecule has 1 fully saturated rings. The number of rotatable bonds is 3. The van der Waals surface area contributed by atoms with E-state index in [0.717, 1.165) is 5.56 Å². The Hall–Kier alpha value is -0.970. The molecule has 82 valence electrons. The van der Waals surface area contributed by atoms with Crippen LogP contribution in [0.25, 0.3) is 0 Å². The van der Waals surface area contributed by atoms with E-state index in [1.54, 1.807) is 6.20 Å². The number of hydrogen-bond donors (Lipinski definition) is 1. The zero-order chi connectivity index (χ0) is 10.7. The fourth-order valence-electron chi connectivity index (χ4n) is 1.77. The summed E-state index contributed by atoms with van der Waals surface area (Å²) in [6, 6.07) is 3.93. The monoisotopic (exact) mass is 208 g/mol. The van der Waals surface area contributed by atoms with Crippen molar-refractivity contribution < 1.29 is 9.47 Å². The van der Waals surface area contributed by atoms with Crippen molar-refractivity contribution >= 4 is 0 Å². The molecule has 0 radical (unpaired) electrons. The van der Waals surface area contributed by atoms with Gasteiger partial charge in [-0.1, -0.05) is 6.07 Å². The molecule has 15 heavy (non-hydrogen) atoms. The van der Waals surface area contributed by atoms with E-state index in [9.17, 15) is 0 Å². The van der Waals surface area contributed by atoms with Crippen molar-refractivity contribution in [2.24, 2.45) is 5.73 Å². The van der Waals surface area contributed by atoms with Crippen molar-refractivity contribution in [2.75, 3.05) is 13.2 Å². The second-order valence-corrected chi connectivity index (χ2v) is 3.96. The zero-order valence-electron chi connectivity index (χ0n) is 8.85. The molecule has 0 bridgehead atoms. The number of pyridine rings is 1. The highest BCUT2D eigenvalue weighted by Crippen LogP contribution is 2.26. The van der Waals surface area contributed by atoms with Crippen molar-refractivity contribution in [3.63, 3.8) is 0 Å². The van der Waals surface area contributed by atoms with Crippen LogP contribution in [0.2, 0.25) is 0 Å². The summed E-state index contributed by atoms with van der Waals surface area (Å²) in [6.45, 7) is 3.02. The first-order chi connectivity index (χ1) is 7.22. The lowest BCUT2D eigenvalue weighted by atomic mass is 10.1. The van der Waals surface area contributed by atoms with Crippen molar-refractivity contribution in [3.05, 3.63) is 30.1 Å². The Morgan fingerprint density at radius 2 is 2.53 bits per heavy atom. The molecule has 0 aliphatic carbocycles. The van der Waals surface area contributed by atoms with Crippen LogP contribution in [0.4, 0.5) is 0 Å². The van der Waals surface area contributed by atoms with Gasteiger partial charge in [-0.2, -0.15) is 0 Å². The molecule has 2 N–H and O–H groups in total. The lowest BCUT2D eigenvalue weighted by Gasteiger charge is -2.23. The summed E-state index contributed by atoms with van der Waals surface area (Å²) in [4.78, 5) is 4.06. The van der Waals surface area contributed by atoms with E-state index in [0.29, 0.717) is 19.6 Å². The molecule has 1 aliphatic rings. The molecule has 2 heterocycles. The average molecular weight is 208 g/mol. The predicted molar refractivity (Wildman–Crippen MR) is 56.2 cm³/mol. The molecule has 1 aromatic heterocycles. The van der Waals surface area contributed by atoms with Crippen LogP contribution in [0.3, 0.4) is 0 Å². The minimum absolute atomic E-state index is 0.0201. The maximum absolute atomic E-state index is 5.73. The Balaban J connectivity index is 2.00. The first-order valence-corrected chi connectivity index (χ1v) is 5.12. The summed E-state index contributed by atoms with van der Waals surface area (Å²) < 4.78 is 11.3. The number of aromatic nitrogens is 1. The highest BCUT2D eigenvalue weighted by Gasteiger charge is 2.36. The number of nitrogens with two attached hydrogens (primary N) is 1. The normalized spacial score (nSPS) is 30.7. The van der Waals surface area contributed by atoms with Crippen LogP contribution in [0, 0.1) is 0 Å². The Morgan fingerprint density at radius 3 is 3.13 bits per heavy atom. The number of ether oxygens (including phenoxy) is 2. The van der Waals surface area contributed by atoms with E-state index >= 15 is 0 Å². The molecule has 1 aromatic rings. The zero-order valence-corrected chi connectivity index (χ0v) is 8.85. The minimum Gasteiger partial charge on any atom is -0.347 e. The Kier molecular flexibility index (Phi) is 3.00. The molecular formula is C11H16N2O2. The largest absolute Gasteiger partial charge is 0.347 e. The summed E-state index contributed by atoms with van der Waals surface area (Å²) in [5, 5.41) is 0. The summed E-state index contributed by atoms with van der Waals surface area (Å²) in [7, 11) is 0. The first-order valence-electron chi connectivity index (χ1n) is 5.12. The van der Waals surface area contributed by atoms with Gasteiger partial charge >= 0.3 is 0 Å². The van der Waals surface area contributed by atoms with Gasteiger partial charge in [-0.15, -0.1) is 0 Å². The molecule has 2 rings (SSSR count). The van der Waals surface area contributed by atoms with Crippen molar-refractivity contribution in [1.82, 2.24) is 4.98 Å². The van der Waals surface area contributed by atoms with E-state index in [2.05, 4.69) is 4.98 Å². The number of nitrogens with zero attached hydrogens (tertiary/aromatic N) is 1. The van der Waals surface area contributed by atoms with Crippen LogP contribution in [0.15, 0.2) is 24.5 Å². The van der Waals surface area contributed by atoms with Crippen molar-refractivity contribution in [3.8, 4) is 0 Å². The molecule has 2 unspecified atom stereocenters. The summed E-state index contributed by atoms with van der Waals surface area (Å²) >= 11 is 0. The van der Waals surface area contributed by atoms with Crippen LogP contribution in [0.5, 0.6) is 0 Å². The maximum atomic E-state index is 5.73. The average Bonchev–Trinajstić information content (AvgIpc) is 2.61. The van der Waals surface area contributed by atoms with E-state index in [1.807, 2.05) is 25.3 Å². The molecule has 4 nitrogen and oxygen atoms in total. The quantitative estimate of drug-likeness (QED) is 0.795. The van der Waals surface area contributed by atoms with Gasteiger partial charge in [0.25, 0.3) is 0 Å². The molecule has 4 heteroatoms. The summed E-state index contributed by atoms with van der Waals surface area (Å²) in [6.07, 6.45) is 4.31. The van der Waals surface area contributed by atoms with Crippen LogP contribution in [0.1, 0.15) is 12.5 Å². The van der Waals surface area contributed by atoms with E-state index in [1.165, 1.54) is 0 Å². The third kappa shape index (κ3) is 2.53. The fraction of sp³-hybridized carbons (Fsp3) is 0.545. The van der Waals surface area contributed by atoms with Gasteiger partial charge < -0.3 is 15.2 Å². The van der Waals surface area contributed by atoms with Gasteiger partial charge in [0, 0.05) is 25.4 Å². The second kappa shape index (κ2) is 4.26. The summed E-state index contributed by atoms with van der Waals surface area (Å²) in [5.41, 5.74) is 6.64. The predicted octanol–water partition coefficient (Wildman–Crippen LogP) is 0.714. The molecule has 2 atom stereocenters. The van der Waals surface area contributed by atoms with Crippen LogP contribution >= 0.6 is 0 Å². The molecule has 0 aromatic carbocycles. The van der Waals surface area contributed by atoms with E-state index < -0.39 is 5.79 Å². The highest BCUT2D eigenvalue weighted by atomic mass is 16.7. The topological polar surface area (TPSA) is 57.4 Å². The van der Waals surface area contributed by atoms with Gasteiger partial charge in [0.15, 0.2) is 5.79 Å². The van der Waals surface area contributed by atoms with Gasteiger partial charge in [0.05, 0.1) is 12.7 Å². The lowest BCUT2D eigenvalue weighted by Crippen LogP contribution is -2.31. The lowest BCUT2D eigenvalue weighted by molar-refractivity contribution is -0.151. The van der Waals surface area contributed by atoms with Crippen molar-refractivity contribution in [2.45, 2.75) is 25.2 Å². The van der Waals surface area contributed by atoms with Crippen LogP contribution in [-0.2, 0) is 15.9 Å². The molecular weight excluding hydrogens is 192 g/mol. The Morgan fingerprint density at radius 1 is 1.67 bits per heavy atom. The SMILES string of the molecule is CC1(Cc2cccnc2)OCC(CN)O1. The molecule has 0 saturated carbocycles. The molecule has 0 amide bonds. The van der Waals surface area contributed by atoms with Gasteiger partial charge in [-0.3, -0.25) is 4.98 Å². The highest BCUT2D eigenvalue weighted by molar-refractivity contribution is 5.10. The van der Waals surface area contributed by atoms with Gasteiger partial charge in [0.2, 0.25) is 0 Å². The summed E-state index contributed by atoms with van der Waals surface area (Å²) in [5.74, 6) is -0.549. The Labute approximate surface area is 89.4 Å². The van der Waals surface area contributed by atoms with Gasteiger partial charge in [0.1, 0.15) is 0 Å². The van der Waals surface area contributed by atoms with Crippen molar-refractivity contribution in [1.29, 1.82) is 0 Å². The molecule has 1 saturated heterocycles. The standard InChI is InChI=1S/C11H16N2O2/c1-11(14-8-10(6-12)15-11)5-9-3-2-4-13-7-9/h2-4,7,10H,5-6,8,12H2,1H3. The number of hydrogen-bond acceptors (Lipinski definition) is 4. The Bertz CT molecular complexity index is 318. The van der Waals surface area contributed by atoms with Gasteiger partial charge in [-0.05, 0) is 18.6 Å². The van der Waals surface area contributed by atoms with Gasteiger partial charge in [-0.25, -0.2) is 0 Å². The van der Waals surface area contributed by atoms with Crippen LogP contribution in [-0.4, -0.2) is 30.0 Å². The fourth-order valence-corrected chi connectivity index (χ4v) is 1.77. The molecule has 1 aliphatic heterocycles. The third-order valence-corrected chi connectivity index (χ3v) is 2.50. The minimum atomic E-state index is -0.549.